The van der Waals surface area contributed by atoms with Crippen LogP contribution < -0.4 is 4.90 Å². The third kappa shape index (κ3) is 2.86. The Labute approximate surface area is 179 Å². The van der Waals surface area contributed by atoms with Crippen molar-refractivity contribution in [2.75, 3.05) is 11.4 Å². The molecule has 0 aliphatic heterocycles. The third-order valence-electron chi connectivity index (χ3n) is 5.70. The van der Waals surface area contributed by atoms with Crippen LogP contribution in [0.5, 0.6) is 0 Å². The van der Waals surface area contributed by atoms with E-state index in [2.05, 4.69) is 70.3 Å². The zero-order valence-corrected chi connectivity index (χ0v) is 17.0. The Balaban J connectivity index is 1.54. The van der Waals surface area contributed by atoms with E-state index in [4.69, 9.17) is 9.97 Å². The first-order chi connectivity index (χ1) is 15.3. The molecule has 0 saturated carbocycles. The fraction of sp³-hybridized carbons (Fsp3) is 0.0769. The minimum absolute atomic E-state index is 0.743. The van der Waals surface area contributed by atoms with Crippen LogP contribution in [0, 0.1) is 0 Å². The van der Waals surface area contributed by atoms with Gasteiger partial charge in [0.15, 0.2) is 0 Å². The summed E-state index contributed by atoms with van der Waals surface area (Å²) in [6, 6.07) is 24.7. The molecule has 4 heterocycles. The van der Waals surface area contributed by atoms with E-state index in [1.54, 1.807) is 0 Å². The van der Waals surface area contributed by atoms with Crippen LogP contribution in [0.25, 0.3) is 43.6 Å². The van der Waals surface area contributed by atoms with Gasteiger partial charge in [-0.2, -0.15) is 0 Å². The molecular weight excluding hydrogens is 382 g/mol. The quantitative estimate of drug-likeness (QED) is 0.339. The summed E-state index contributed by atoms with van der Waals surface area (Å²) in [7, 11) is 0. The van der Waals surface area contributed by atoms with Crippen molar-refractivity contribution in [2.45, 2.75) is 6.92 Å². The van der Waals surface area contributed by atoms with Crippen LogP contribution in [0.3, 0.4) is 0 Å². The lowest BCUT2D eigenvalue weighted by atomic mass is 10.1. The monoisotopic (exact) mass is 401 g/mol. The average Bonchev–Trinajstić information content (AvgIpc) is 2.84. The highest BCUT2D eigenvalue weighted by Gasteiger charge is 2.14. The fourth-order valence-corrected chi connectivity index (χ4v) is 4.17. The van der Waals surface area contributed by atoms with E-state index in [1.165, 1.54) is 0 Å². The first kappa shape index (κ1) is 17.7. The molecule has 148 valence electrons. The zero-order chi connectivity index (χ0) is 20.8. The molecule has 0 bridgehead atoms. The van der Waals surface area contributed by atoms with Crippen molar-refractivity contribution in [3.8, 4) is 0 Å². The van der Waals surface area contributed by atoms with Crippen LogP contribution >= 0.6 is 0 Å². The molecule has 0 saturated heterocycles. The first-order valence-electron chi connectivity index (χ1n) is 10.4. The van der Waals surface area contributed by atoms with Gasteiger partial charge in [-0.3, -0.25) is 9.97 Å². The fourth-order valence-electron chi connectivity index (χ4n) is 4.17. The van der Waals surface area contributed by atoms with Gasteiger partial charge in [0, 0.05) is 40.5 Å². The highest BCUT2D eigenvalue weighted by atomic mass is 15.2. The first-order valence-corrected chi connectivity index (χ1v) is 10.4. The van der Waals surface area contributed by atoms with Crippen LogP contribution in [0.15, 0.2) is 85.2 Å². The molecule has 0 unspecified atom stereocenters. The zero-order valence-electron chi connectivity index (χ0n) is 17.0. The molecule has 0 spiro atoms. The summed E-state index contributed by atoms with van der Waals surface area (Å²) in [4.78, 5) is 21.3. The number of hydrogen-bond donors (Lipinski definition) is 0. The van der Waals surface area contributed by atoms with Gasteiger partial charge in [0.25, 0.3) is 0 Å². The van der Waals surface area contributed by atoms with E-state index in [-0.39, 0.29) is 0 Å². The minimum Gasteiger partial charge on any atom is -0.311 e. The maximum Gasteiger partial charge on any atom is 0.134 e. The Morgan fingerprint density at radius 1 is 0.548 bits per heavy atom. The Bertz CT molecular complexity index is 1470. The van der Waals surface area contributed by atoms with Gasteiger partial charge in [-0.1, -0.05) is 36.4 Å². The van der Waals surface area contributed by atoms with E-state index in [0.717, 1.165) is 61.8 Å². The normalized spacial score (nSPS) is 11.5. The topological polar surface area (TPSA) is 54.8 Å². The van der Waals surface area contributed by atoms with Crippen molar-refractivity contribution in [3.05, 3.63) is 85.2 Å². The standard InChI is InChI=1S/C26H19N5/c1-2-31(21-13-11-19-9-7-17-5-3-15-27-23(17)25(19)29-21)22-14-12-20-10-8-18-6-4-16-28-24(18)26(20)30-22/h3-16H,2H2,1H3. The largest absolute Gasteiger partial charge is 0.311 e. The molecule has 5 nitrogen and oxygen atoms in total. The molecule has 0 atom stereocenters. The number of rotatable bonds is 3. The van der Waals surface area contributed by atoms with Gasteiger partial charge in [-0.05, 0) is 43.3 Å². The van der Waals surface area contributed by atoms with Crippen molar-refractivity contribution >= 4 is 55.2 Å². The van der Waals surface area contributed by atoms with Crippen molar-refractivity contribution in [2.24, 2.45) is 0 Å². The van der Waals surface area contributed by atoms with Crippen LogP contribution in [0.1, 0.15) is 6.92 Å². The molecule has 0 radical (unpaired) electrons. The van der Waals surface area contributed by atoms with Gasteiger partial charge in [0.05, 0.1) is 22.1 Å². The van der Waals surface area contributed by atoms with Crippen molar-refractivity contribution in [3.63, 3.8) is 0 Å². The van der Waals surface area contributed by atoms with Gasteiger partial charge >= 0.3 is 0 Å². The number of anilines is 2. The Hall–Kier alpha value is -4.12. The maximum atomic E-state index is 5.00. The van der Waals surface area contributed by atoms with Crippen molar-refractivity contribution < 1.29 is 0 Å². The molecule has 0 amide bonds. The predicted octanol–water partition coefficient (Wildman–Crippen LogP) is 6.04. The third-order valence-corrected chi connectivity index (χ3v) is 5.70. The molecule has 2 aromatic carbocycles. The van der Waals surface area contributed by atoms with E-state index in [1.807, 2.05) is 36.7 Å². The number of aromatic nitrogens is 4. The lowest BCUT2D eigenvalue weighted by Crippen LogP contribution is -2.18. The highest BCUT2D eigenvalue weighted by Crippen LogP contribution is 2.30. The summed E-state index contributed by atoms with van der Waals surface area (Å²) < 4.78 is 0. The van der Waals surface area contributed by atoms with Crippen LogP contribution in [0.2, 0.25) is 0 Å². The van der Waals surface area contributed by atoms with E-state index in [9.17, 15) is 0 Å². The van der Waals surface area contributed by atoms with Gasteiger partial charge < -0.3 is 4.90 Å². The summed E-state index contributed by atoms with van der Waals surface area (Å²) in [5.41, 5.74) is 3.64. The number of hydrogen-bond acceptors (Lipinski definition) is 5. The Kier molecular flexibility index (Phi) is 3.99. The molecule has 6 rings (SSSR count). The number of benzene rings is 2. The van der Waals surface area contributed by atoms with E-state index >= 15 is 0 Å². The molecular formula is C26H19N5. The summed E-state index contributed by atoms with van der Waals surface area (Å²) >= 11 is 0. The van der Waals surface area contributed by atoms with Crippen LogP contribution in [-0.4, -0.2) is 26.5 Å². The average molecular weight is 401 g/mol. The SMILES string of the molecule is CCN(c1ccc2ccc3cccnc3c2n1)c1ccc2ccc3cccnc3c2n1. The summed E-state index contributed by atoms with van der Waals surface area (Å²) in [5.74, 6) is 1.71. The lowest BCUT2D eigenvalue weighted by Gasteiger charge is -2.22. The van der Waals surface area contributed by atoms with Gasteiger partial charge in [-0.25, -0.2) is 9.97 Å². The van der Waals surface area contributed by atoms with Gasteiger partial charge in [0.1, 0.15) is 11.6 Å². The molecule has 6 aromatic rings. The molecule has 31 heavy (non-hydrogen) atoms. The molecule has 0 fully saturated rings. The predicted molar refractivity (Wildman–Crippen MR) is 127 cm³/mol. The van der Waals surface area contributed by atoms with Gasteiger partial charge in [0.2, 0.25) is 0 Å². The summed E-state index contributed by atoms with van der Waals surface area (Å²) in [6.45, 7) is 2.86. The van der Waals surface area contributed by atoms with Crippen molar-refractivity contribution in [1.29, 1.82) is 0 Å². The Morgan fingerprint density at radius 3 is 1.42 bits per heavy atom. The molecule has 0 N–H and O–H groups in total. The molecule has 0 aliphatic rings. The second kappa shape index (κ2) is 6.99. The van der Waals surface area contributed by atoms with Crippen LogP contribution in [-0.2, 0) is 0 Å². The highest BCUT2D eigenvalue weighted by molar-refractivity contribution is 6.04. The number of nitrogens with zero attached hydrogens (tertiary/aromatic N) is 5. The second-order valence-corrected chi connectivity index (χ2v) is 7.51. The summed E-state index contributed by atoms with van der Waals surface area (Å²) in [5, 5.41) is 4.33. The molecule has 5 heteroatoms. The second-order valence-electron chi connectivity index (χ2n) is 7.51. The smallest absolute Gasteiger partial charge is 0.134 e. The summed E-state index contributed by atoms with van der Waals surface area (Å²) in [6.07, 6.45) is 3.63. The Morgan fingerprint density at radius 2 is 0.968 bits per heavy atom. The van der Waals surface area contributed by atoms with Gasteiger partial charge in [-0.15, -0.1) is 0 Å². The minimum atomic E-state index is 0.743. The molecule has 0 aliphatic carbocycles. The van der Waals surface area contributed by atoms with Crippen LogP contribution in [0.4, 0.5) is 11.6 Å². The number of pyridine rings is 4. The van der Waals surface area contributed by atoms with E-state index < -0.39 is 0 Å². The molecule has 4 aromatic heterocycles. The number of fused-ring (bicyclic) bond motifs is 6. The maximum absolute atomic E-state index is 5.00. The lowest BCUT2D eigenvalue weighted by molar-refractivity contribution is 0.974. The van der Waals surface area contributed by atoms with Crippen molar-refractivity contribution in [1.82, 2.24) is 19.9 Å². The van der Waals surface area contributed by atoms with E-state index in [0.29, 0.717) is 0 Å².